The van der Waals surface area contributed by atoms with Gasteiger partial charge in [-0.3, -0.25) is 30.3 Å². The quantitative estimate of drug-likeness (QED) is 0.455. The molecular weight excluding hydrogens is 290 g/mol. The van der Waals surface area contributed by atoms with E-state index < -0.39 is 48.6 Å². The van der Waals surface area contributed by atoms with E-state index in [0.717, 1.165) is 7.11 Å². The van der Waals surface area contributed by atoms with Crippen molar-refractivity contribution in [2.24, 2.45) is 0 Å². The molecule has 1 rings (SSSR count). The number of hydrogen-bond acceptors (Lipinski definition) is 8. The highest BCUT2D eigenvalue weighted by Crippen LogP contribution is 2.49. The van der Waals surface area contributed by atoms with Gasteiger partial charge in [-0.15, -0.1) is 0 Å². The zero-order valence-electron chi connectivity index (χ0n) is 9.48. The summed E-state index contributed by atoms with van der Waals surface area (Å²) >= 11 is 0. The van der Waals surface area contributed by atoms with E-state index in [9.17, 15) is 39.3 Å². The van der Waals surface area contributed by atoms with Crippen LogP contribution in [0.3, 0.4) is 0 Å². The molecule has 0 aromatic heterocycles. The van der Waals surface area contributed by atoms with Gasteiger partial charge in [0.25, 0.3) is 11.4 Å². The number of ether oxygens (including phenoxy) is 1. The summed E-state index contributed by atoms with van der Waals surface area (Å²) < 4.78 is 29.7. The highest BCUT2D eigenvalue weighted by molar-refractivity contribution is 5.83. The number of anilines is 1. The molecule has 0 saturated heterocycles. The normalized spacial score (nSPS) is 9.95. The maximum absolute atomic E-state index is 12.7. The van der Waals surface area contributed by atoms with Crippen molar-refractivity contribution in [3.63, 3.8) is 0 Å². The first-order chi connectivity index (χ1) is 9.22. The Balaban J connectivity index is 3.95. The molecule has 0 fully saturated rings. The Kier molecular flexibility index (Phi) is 3.92. The van der Waals surface area contributed by atoms with Crippen LogP contribution in [-0.2, 0) is 0 Å². The van der Waals surface area contributed by atoms with Gasteiger partial charge < -0.3 is 4.74 Å². The molecule has 108 valence electrons. The van der Waals surface area contributed by atoms with Crippen molar-refractivity contribution < 1.29 is 28.5 Å². The van der Waals surface area contributed by atoms with E-state index in [4.69, 9.17) is 0 Å². The highest BCUT2D eigenvalue weighted by Gasteiger charge is 2.41. The predicted octanol–water partition coefficient (Wildman–Crippen LogP) is 2.00. The Morgan fingerprint density at radius 2 is 1.55 bits per heavy atom. The van der Waals surface area contributed by atoms with Crippen molar-refractivity contribution in [3.8, 4) is 5.75 Å². The molecule has 20 heavy (non-hydrogen) atoms. The van der Waals surface area contributed by atoms with Crippen molar-refractivity contribution in [1.29, 1.82) is 0 Å². The Labute approximate surface area is 107 Å². The first kappa shape index (κ1) is 14.9. The van der Waals surface area contributed by atoms with Gasteiger partial charge in [0.2, 0.25) is 0 Å². The molecule has 0 aliphatic heterocycles. The van der Waals surface area contributed by atoms with E-state index in [1.165, 1.54) is 0 Å². The lowest BCUT2D eigenvalue weighted by molar-refractivity contribution is -0.403. The number of rotatable bonds is 5. The molecule has 13 heteroatoms. The van der Waals surface area contributed by atoms with E-state index in [-0.39, 0.29) is 6.07 Å². The third kappa shape index (κ3) is 2.36. The Morgan fingerprint density at radius 1 is 1.05 bits per heavy atom. The molecule has 11 nitrogen and oxygen atoms in total. The third-order valence-corrected chi connectivity index (χ3v) is 2.14. The first-order valence-electron chi connectivity index (χ1n) is 4.52. The fourth-order valence-corrected chi connectivity index (χ4v) is 1.43. The van der Waals surface area contributed by atoms with Gasteiger partial charge in [-0.05, 0) is 5.34 Å². The summed E-state index contributed by atoms with van der Waals surface area (Å²) in [5, 5.41) is 30.2. The van der Waals surface area contributed by atoms with E-state index in [2.05, 4.69) is 4.74 Å². The van der Waals surface area contributed by atoms with Gasteiger partial charge >= 0.3 is 17.1 Å². The van der Waals surface area contributed by atoms with Crippen LogP contribution in [0.2, 0.25) is 0 Å². The molecule has 0 heterocycles. The lowest BCUT2D eigenvalue weighted by Gasteiger charge is -2.08. The maximum Gasteiger partial charge on any atom is 0.354 e. The minimum Gasteiger partial charge on any atom is -0.485 e. The van der Waals surface area contributed by atoms with Crippen LogP contribution >= 0.6 is 0 Å². The van der Waals surface area contributed by atoms with Crippen LogP contribution in [0.5, 0.6) is 5.75 Å². The molecular formula is C7H4F2N4O7. The topological polar surface area (TPSA) is 142 Å². The number of halogens is 2. The summed E-state index contributed by atoms with van der Waals surface area (Å²) in [4.78, 5) is 28.1. The van der Waals surface area contributed by atoms with Crippen molar-refractivity contribution in [2.45, 2.75) is 0 Å². The Hall–Kier alpha value is -3.12. The van der Waals surface area contributed by atoms with Crippen molar-refractivity contribution in [1.82, 2.24) is 0 Å². The molecule has 0 aliphatic carbocycles. The standard InChI is InChI=1S/C7H4F2N4O7/c1-20-7-4(12(16)17)2-3(11(14)15)5(10(8)9)6(7)13(18)19/h2H,1H3. The lowest BCUT2D eigenvalue weighted by atomic mass is 10.2. The van der Waals surface area contributed by atoms with Gasteiger partial charge in [0.1, 0.15) is 6.07 Å². The van der Waals surface area contributed by atoms with Gasteiger partial charge in [-0.25, -0.2) is 0 Å². The Morgan fingerprint density at radius 3 is 1.85 bits per heavy atom. The number of nitro groups is 3. The van der Waals surface area contributed by atoms with E-state index in [0.29, 0.717) is 0 Å². The molecule has 1 aromatic rings. The molecule has 0 spiro atoms. The van der Waals surface area contributed by atoms with Gasteiger partial charge in [-0.1, -0.05) is 8.96 Å². The minimum absolute atomic E-state index is 0.160. The molecule has 0 unspecified atom stereocenters. The number of benzene rings is 1. The summed E-state index contributed by atoms with van der Waals surface area (Å²) in [6.07, 6.45) is 0. The summed E-state index contributed by atoms with van der Waals surface area (Å²) in [6.45, 7) is 0. The molecule has 0 saturated carbocycles. The number of methoxy groups -OCH3 is 1. The van der Waals surface area contributed by atoms with Crippen molar-refractivity contribution in [2.75, 3.05) is 12.5 Å². The zero-order valence-corrected chi connectivity index (χ0v) is 9.48. The maximum atomic E-state index is 12.7. The smallest absolute Gasteiger partial charge is 0.354 e. The fourth-order valence-electron chi connectivity index (χ4n) is 1.43. The predicted molar refractivity (Wildman–Crippen MR) is 57.7 cm³/mol. The molecule has 1 aromatic carbocycles. The summed E-state index contributed by atoms with van der Waals surface area (Å²) in [5.41, 5.74) is -5.94. The van der Waals surface area contributed by atoms with Crippen LogP contribution in [0.4, 0.5) is 31.7 Å². The second-order valence-electron chi connectivity index (χ2n) is 3.15. The monoisotopic (exact) mass is 294 g/mol. The second-order valence-corrected chi connectivity index (χ2v) is 3.15. The van der Waals surface area contributed by atoms with Gasteiger partial charge in [0.15, 0.2) is 0 Å². The van der Waals surface area contributed by atoms with Gasteiger partial charge in [-0.2, -0.15) is 0 Å². The summed E-state index contributed by atoms with van der Waals surface area (Å²) in [7, 11) is 0.770. The van der Waals surface area contributed by atoms with Crippen LogP contribution in [0.15, 0.2) is 6.07 Å². The minimum atomic E-state index is -1.87. The average molecular weight is 294 g/mol. The summed E-state index contributed by atoms with van der Waals surface area (Å²) in [6, 6.07) is 0.160. The zero-order chi connectivity index (χ0) is 15.6. The molecule has 0 bridgehead atoms. The molecule has 0 atom stereocenters. The third-order valence-electron chi connectivity index (χ3n) is 2.14. The summed E-state index contributed by atoms with van der Waals surface area (Å²) in [5.74, 6) is -1.11. The van der Waals surface area contributed by atoms with Crippen molar-refractivity contribution >= 4 is 22.7 Å². The average Bonchev–Trinajstić information content (AvgIpc) is 2.35. The van der Waals surface area contributed by atoms with Crippen LogP contribution in [0, 0.1) is 30.3 Å². The molecule has 0 radical (unpaired) electrons. The first-order valence-corrected chi connectivity index (χ1v) is 4.52. The lowest BCUT2D eigenvalue weighted by Crippen LogP contribution is -2.08. The molecule has 0 N–H and O–H groups in total. The van der Waals surface area contributed by atoms with Crippen LogP contribution in [0.1, 0.15) is 0 Å². The number of nitrogens with zero attached hydrogens (tertiary/aromatic N) is 4. The highest BCUT2D eigenvalue weighted by atomic mass is 19.4. The van der Waals surface area contributed by atoms with Crippen LogP contribution in [-0.4, -0.2) is 21.9 Å². The Bertz CT molecular complexity index is 605. The molecule has 0 amide bonds. The number of nitro benzene ring substituents is 3. The molecule has 0 aliphatic rings. The SMILES string of the molecule is COc1c([N+](=O)[O-])cc([N+](=O)[O-])c(N(F)F)c1[N+](=O)[O-]. The van der Waals surface area contributed by atoms with Crippen LogP contribution < -0.4 is 10.1 Å². The van der Waals surface area contributed by atoms with Crippen molar-refractivity contribution in [3.05, 3.63) is 36.4 Å². The number of hydrogen-bond donors (Lipinski definition) is 0. The van der Waals surface area contributed by atoms with E-state index in [1.807, 2.05) is 0 Å². The van der Waals surface area contributed by atoms with Gasteiger partial charge in [0, 0.05) is 0 Å². The largest absolute Gasteiger partial charge is 0.485 e. The van der Waals surface area contributed by atoms with Crippen LogP contribution in [0.25, 0.3) is 0 Å². The second kappa shape index (κ2) is 5.25. The van der Waals surface area contributed by atoms with E-state index in [1.54, 1.807) is 0 Å². The van der Waals surface area contributed by atoms with Gasteiger partial charge in [0.05, 0.1) is 21.9 Å². The van der Waals surface area contributed by atoms with E-state index >= 15 is 0 Å². The fraction of sp³-hybridized carbons (Fsp3) is 0.143.